The van der Waals surface area contributed by atoms with E-state index in [0.29, 0.717) is 17.2 Å². The summed E-state index contributed by atoms with van der Waals surface area (Å²) in [5.74, 6) is -0.171. The summed E-state index contributed by atoms with van der Waals surface area (Å²) in [5, 5.41) is 3.32. The first-order valence-corrected chi connectivity index (χ1v) is 14.9. The zero-order valence-electron chi connectivity index (χ0n) is 23.4. The van der Waals surface area contributed by atoms with Gasteiger partial charge in [0.15, 0.2) is 0 Å². The second-order valence-electron chi connectivity index (χ2n) is 9.76. The van der Waals surface area contributed by atoms with Gasteiger partial charge in [0.1, 0.15) is 18.3 Å². The van der Waals surface area contributed by atoms with Crippen molar-refractivity contribution in [2.75, 3.05) is 18.0 Å². The van der Waals surface area contributed by atoms with Crippen molar-refractivity contribution < 1.29 is 22.7 Å². The summed E-state index contributed by atoms with van der Waals surface area (Å²) in [7, 11) is -2.58. The van der Waals surface area contributed by atoms with Gasteiger partial charge in [-0.05, 0) is 81.3 Å². The lowest BCUT2D eigenvalue weighted by Gasteiger charge is -2.33. The van der Waals surface area contributed by atoms with Crippen LogP contribution in [0.1, 0.15) is 38.3 Å². The molecule has 0 aliphatic rings. The molecule has 0 heterocycles. The van der Waals surface area contributed by atoms with Crippen LogP contribution < -0.4 is 14.4 Å². The summed E-state index contributed by atoms with van der Waals surface area (Å²) < 4.78 is 34.0. The van der Waals surface area contributed by atoms with E-state index in [1.165, 1.54) is 17.0 Å². The van der Waals surface area contributed by atoms with Crippen LogP contribution in [-0.2, 0) is 26.2 Å². The van der Waals surface area contributed by atoms with Crippen molar-refractivity contribution in [3.05, 3.63) is 88.9 Å². The van der Waals surface area contributed by atoms with Crippen LogP contribution in [0.4, 0.5) is 5.69 Å². The first-order chi connectivity index (χ1) is 19.0. The maximum atomic E-state index is 14.0. The number of methoxy groups -OCH3 is 1. The summed E-state index contributed by atoms with van der Waals surface area (Å²) in [6, 6.07) is 18.9. The Labute approximate surface area is 241 Å². The number of benzene rings is 3. The topological polar surface area (TPSA) is 96.0 Å². The minimum absolute atomic E-state index is 0.0483. The lowest BCUT2D eigenvalue weighted by atomic mass is 10.1. The van der Waals surface area contributed by atoms with Crippen LogP contribution in [0.3, 0.4) is 0 Å². The van der Waals surface area contributed by atoms with Crippen LogP contribution in [0.15, 0.2) is 77.7 Å². The van der Waals surface area contributed by atoms with E-state index < -0.39 is 28.5 Å². The molecule has 0 radical (unpaired) electrons. The number of carbonyl (C=O) groups excluding carboxylic acids is 2. The van der Waals surface area contributed by atoms with Crippen LogP contribution in [0.25, 0.3) is 0 Å². The highest BCUT2D eigenvalue weighted by molar-refractivity contribution is 7.92. The molecule has 3 aromatic carbocycles. The van der Waals surface area contributed by atoms with Crippen LogP contribution in [0.2, 0.25) is 5.02 Å². The van der Waals surface area contributed by atoms with Crippen LogP contribution in [0.5, 0.6) is 5.75 Å². The van der Waals surface area contributed by atoms with E-state index in [1.807, 2.05) is 39.8 Å². The van der Waals surface area contributed by atoms with Crippen molar-refractivity contribution in [2.24, 2.45) is 0 Å². The molecule has 8 nitrogen and oxygen atoms in total. The first kappa shape index (κ1) is 31.0. The highest BCUT2D eigenvalue weighted by Crippen LogP contribution is 2.26. The number of hydrogen-bond donors (Lipinski definition) is 1. The van der Waals surface area contributed by atoms with Crippen LogP contribution in [-0.4, -0.2) is 50.9 Å². The van der Waals surface area contributed by atoms with Gasteiger partial charge in [0.2, 0.25) is 11.8 Å². The van der Waals surface area contributed by atoms with Gasteiger partial charge in [0.05, 0.1) is 17.7 Å². The van der Waals surface area contributed by atoms with E-state index in [0.717, 1.165) is 15.4 Å². The number of carbonyl (C=O) groups is 2. The molecule has 0 saturated heterocycles. The Hall–Kier alpha value is -3.56. The fraction of sp³-hybridized carbons (Fsp3) is 0.333. The number of amides is 2. The average molecular weight is 586 g/mol. The summed E-state index contributed by atoms with van der Waals surface area (Å²) in [4.78, 5) is 28.7. The molecular weight excluding hydrogens is 550 g/mol. The molecule has 40 heavy (non-hydrogen) atoms. The molecule has 214 valence electrons. The number of hydrogen-bond acceptors (Lipinski definition) is 5. The fourth-order valence-corrected chi connectivity index (χ4v) is 5.74. The molecular formula is C30H36ClN3O5S. The molecule has 0 aliphatic heterocycles. The van der Waals surface area contributed by atoms with E-state index in [4.69, 9.17) is 16.3 Å². The third-order valence-corrected chi connectivity index (χ3v) is 8.37. The van der Waals surface area contributed by atoms with Crippen LogP contribution in [0, 0.1) is 6.92 Å². The molecule has 3 rings (SSSR count). The average Bonchev–Trinajstić information content (AvgIpc) is 2.92. The molecule has 2 amide bonds. The molecule has 0 unspecified atom stereocenters. The zero-order chi connectivity index (χ0) is 29.4. The predicted molar refractivity (Wildman–Crippen MR) is 158 cm³/mol. The lowest BCUT2D eigenvalue weighted by Crippen LogP contribution is -2.53. The summed E-state index contributed by atoms with van der Waals surface area (Å²) in [6.07, 6.45) is 0.339. The van der Waals surface area contributed by atoms with Crippen molar-refractivity contribution in [3.8, 4) is 5.75 Å². The van der Waals surface area contributed by atoms with E-state index in [2.05, 4.69) is 5.32 Å². The molecule has 0 aromatic heterocycles. The lowest BCUT2D eigenvalue weighted by molar-refractivity contribution is -0.140. The van der Waals surface area contributed by atoms with Crippen molar-refractivity contribution in [3.63, 3.8) is 0 Å². The number of anilines is 1. The van der Waals surface area contributed by atoms with Gasteiger partial charge >= 0.3 is 0 Å². The molecule has 1 N–H and O–H groups in total. The van der Waals surface area contributed by atoms with Gasteiger partial charge in [-0.3, -0.25) is 13.9 Å². The van der Waals surface area contributed by atoms with Gasteiger partial charge in [-0.2, -0.15) is 0 Å². The Kier molecular flexibility index (Phi) is 10.6. The van der Waals surface area contributed by atoms with Gasteiger partial charge in [-0.15, -0.1) is 0 Å². The van der Waals surface area contributed by atoms with Gasteiger partial charge < -0.3 is 15.0 Å². The Balaban J connectivity index is 2.05. The quantitative estimate of drug-likeness (QED) is 0.316. The molecule has 0 spiro atoms. The molecule has 0 fully saturated rings. The standard InChI is InChI=1S/C30H36ClN3O5S/c1-6-28(30(36)32-21(2)3)33(19-23-9-15-26(39-5)16-10-23)29(35)20-34(25-13-11-24(31)12-14-25)40(37,38)27-17-7-22(4)8-18-27/h7-18,21,28H,6,19-20H2,1-5H3,(H,32,36)/t28-/m0/s1. The maximum absolute atomic E-state index is 14.0. The normalized spacial score (nSPS) is 12.1. The first-order valence-electron chi connectivity index (χ1n) is 13.0. The van der Waals surface area contributed by atoms with Crippen molar-refractivity contribution >= 4 is 39.1 Å². The van der Waals surface area contributed by atoms with Gasteiger partial charge in [0, 0.05) is 17.6 Å². The molecule has 0 saturated carbocycles. The molecule has 0 bridgehead atoms. The Morgan fingerprint density at radius 2 is 1.55 bits per heavy atom. The number of halogens is 1. The van der Waals surface area contributed by atoms with Gasteiger partial charge in [-0.25, -0.2) is 8.42 Å². The number of nitrogens with one attached hydrogen (secondary N) is 1. The van der Waals surface area contributed by atoms with E-state index in [9.17, 15) is 18.0 Å². The van der Waals surface area contributed by atoms with Crippen molar-refractivity contribution in [2.45, 2.75) is 57.6 Å². The highest BCUT2D eigenvalue weighted by Gasteiger charge is 2.33. The Morgan fingerprint density at radius 1 is 0.950 bits per heavy atom. The minimum atomic E-state index is -4.14. The third-order valence-electron chi connectivity index (χ3n) is 6.33. The largest absolute Gasteiger partial charge is 0.497 e. The highest BCUT2D eigenvalue weighted by atomic mass is 35.5. The molecule has 0 aliphatic carbocycles. The van der Waals surface area contributed by atoms with E-state index >= 15 is 0 Å². The fourth-order valence-electron chi connectivity index (χ4n) is 4.20. The Bertz CT molecular complexity index is 1390. The molecule has 3 aromatic rings. The Morgan fingerprint density at radius 3 is 2.08 bits per heavy atom. The second kappa shape index (κ2) is 13.7. The van der Waals surface area contributed by atoms with Gasteiger partial charge in [-0.1, -0.05) is 48.4 Å². The van der Waals surface area contributed by atoms with Gasteiger partial charge in [0.25, 0.3) is 10.0 Å². The smallest absolute Gasteiger partial charge is 0.264 e. The zero-order valence-corrected chi connectivity index (χ0v) is 25.0. The predicted octanol–water partition coefficient (Wildman–Crippen LogP) is 5.18. The van der Waals surface area contributed by atoms with E-state index in [-0.39, 0.29) is 29.1 Å². The van der Waals surface area contributed by atoms with Crippen LogP contribution >= 0.6 is 11.6 Å². The van der Waals surface area contributed by atoms with Crippen molar-refractivity contribution in [1.82, 2.24) is 10.2 Å². The third kappa shape index (κ3) is 7.76. The molecule has 1 atom stereocenters. The monoisotopic (exact) mass is 585 g/mol. The summed E-state index contributed by atoms with van der Waals surface area (Å²) in [6.45, 7) is 6.96. The molecule has 10 heteroatoms. The summed E-state index contributed by atoms with van der Waals surface area (Å²) in [5.41, 5.74) is 1.95. The SMILES string of the molecule is CC[C@@H](C(=O)NC(C)C)N(Cc1ccc(OC)cc1)C(=O)CN(c1ccc(Cl)cc1)S(=O)(=O)c1ccc(C)cc1. The minimum Gasteiger partial charge on any atom is -0.497 e. The number of aryl methyl sites for hydroxylation is 1. The summed E-state index contributed by atoms with van der Waals surface area (Å²) >= 11 is 6.07. The number of rotatable bonds is 12. The maximum Gasteiger partial charge on any atom is 0.264 e. The number of sulfonamides is 1. The van der Waals surface area contributed by atoms with Crippen molar-refractivity contribution in [1.29, 1.82) is 0 Å². The number of nitrogens with zero attached hydrogens (tertiary/aromatic N) is 2. The number of ether oxygens (including phenoxy) is 1. The van der Waals surface area contributed by atoms with E-state index in [1.54, 1.807) is 55.6 Å². The second-order valence-corrected chi connectivity index (χ2v) is 12.1.